The molecule has 2 aromatic carbocycles. The number of fused-ring (bicyclic) bond motifs is 1. The molecule has 9 heteroatoms. The largest absolute Gasteiger partial charge is 0.489 e. The fraction of sp³-hybridized carbons (Fsp3) is 0.458. The molecule has 0 bridgehead atoms. The maximum Gasteiger partial charge on any atom is 0.336 e. The minimum atomic E-state index is -3.17. The van der Waals surface area contributed by atoms with E-state index in [9.17, 15) is 19.0 Å². The summed E-state index contributed by atoms with van der Waals surface area (Å²) in [6, 6.07) is 13.4. The van der Waals surface area contributed by atoms with Crippen molar-refractivity contribution in [3.63, 3.8) is 0 Å². The average molecular weight is 496 g/mol. The predicted octanol–water partition coefficient (Wildman–Crippen LogP) is 5.69. The zero-order valence-corrected chi connectivity index (χ0v) is 20.9. The summed E-state index contributed by atoms with van der Waals surface area (Å²) in [5.74, 6) is -0.819. The maximum atomic E-state index is 11.4. The zero-order valence-electron chi connectivity index (χ0n) is 19.2. The lowest BCUT2D eigenvalue weighted by atomic mass is 9.86. The molecule has 0 fully saturated rings. The first-order chi connectivity index (χ1) is 15.6. The molecule has 2 aromatic rings. The Labute approximate surface area is 201 Å². The third kappa shape index (κ3) is 5.96. The summed E-state index contributed by atoms with van der Waals surface area (Å²) in [5.41, 5.74) is 1.33. The van der Waals surface area contributed by atoms with Gasteiger partial charge in [0.2, 0.25) is 0 Å². The third-order valence-corrected chi connectivity index (χ3v) is 8.75. The van der Waals surface area contributed by atoms with Gasteiger partial charge in [-0.05, 0) is 30.9 Å². The van der Waals surface area contributed by atoms with E-state index in [2.05, 4.69) is 18.7 Å². The van der Waals surface area contributed by atoms with Crippen LogP contribution in [0.1, 0.15) is 33.1 Å². The number of para-hydroxylation sites is 1. The van der Waals surface area contributed by atoms with Crippen molar-refractivity contribution in [1.82, 2.24) is 0 Å². The van der Waals surface area contributed by atoms with Gasteiger partial charge in [-0.2, -0.15) is 10.6 Å². The van der Waals surface area contributed by atoms with E-state index in [4.69, 9.17) is 9.84 Å². The number of nitrogens with zero attached hydrogens (tertiary/aromatic N) is 1. The highest BCUT2D eigenvalue weighted by Crippen LogP contribution is 2.61. The van der Waals surface area contributed by atoms with Crippen molar-refractivity contribution >= 4 is 39.7 Å². The lowest BCUT2D eigenvalue weighted by Crippen LogP contribution is -2.35. The first-order valence-corrected chi connectivity index (χ1v) is 13.9. The van der Waals surface area contributed by atoms with E-state index >= 15 is 0 Å². The molecule has 0 radical (unpaired) electrons. The van der Waals surface area contributed by atoms with Crippen LogP contribution >= 0.6 is 22.4 Å². The number of rotatable bonds is 9. The smallest absolute Gasteiger partial charge is 0.336 e. The molecule has 33 heavy (non-hydrogen) atoms. The highest BCUT2D eigenvalue weighted by molar-refractivity contribution is 8.24. The Balaban J connectivity index is 2.13. The van der Waals surface area contributed by atoms with Crippen molar-refractivity contribution in [2.45, 2.75) is 49.0 Å². The summed E-state index contributed by atoms with van der Waals surface area (Å²) in [6.07, 6.45) is 3.07. The standard InChI is InChI=1S/C24H33NO6S2/c1-4-5-11-24(2)15-25(17-9-7-6-8-10-17)18-12-21(32-3)20(31-14-19(26)23(27)28)13-22(18)33(29,30)16-24/h6-10,12-13,19,26,29-30H,4-5,11,14-16H2,1-3H3,(H,27,28)/t19-,24+/m1/s1. The topological polar surface area (TPSA) is 110 Å². The number of unbranched alkanes of at least 4 members (excludes halogenated alkanes) is 1. The number of thioether (sulfide) groups is 1. The highest BCUT2D eigenvalue weighted by atomic mass is 32.3. The molecule has 0 aliphatic carbocycles. The van der Waals surface area contributed by atoms with E-state index in [0.717, 1.165) is 29.8 Å². The van der Waals surface area contributed by atoms with E-state index in [-0.39, 0.29) is 11.2 Å². The summed E-state index contributed by atoms with van der Waals surface area (Å²) < 4.78 is 28.4. The molecular weight excluding hydrogens is 462 g/mol. The molecule has 0 aromatic heterocycles. The molecular formula is C24H33NO6S2. The van der Waals surface area contributed by atoms with E-state index in [1.54, 1.807) is 6.07 Å². The lowest BCUT2D eigenvalue weighted by Gasteiger charge is -2.39. The molecule has 0 amide bonds. The number of aliphatic hydroxyl groups excluding tert-OH is 1. The maximum absolute atomic E-state index is 11.4. The SMILES string of the molecule is CCCC[C@@]1(C)CN(c2ccccc2)c2cc(SC)c(OC[C@@H](O)C(=O)O)cc2S(O)(O)C1. The second kappa shape index (κ2) is 10.6. The second-order valence-corrected chi connectivity index (χ2v) is 11.7. The third-order valence-electron chi connectivity index (χ3n) is 5.86. The molecule has 4 N–H and O–H groups in total. The van der Waals surface area contributed by atoms with Crippen LogP contribution in [0.25, 0.3) is 0 Å². The van der Waals surface area contributed by atoms with Gasteiger partial charge in [0, 0.05) is 29.5 Å². The number of carboxylic acids is 1. The van der Waals surface area contributed by atoms with Crippen molar-refractivity contribution in [3.8, 4) is 5.75 Å². The number of aliphatic carboxylic acids is 1. The molecule has 1 aliphatic heterocycles. The molecule has 0 saturated heterocycles. The van der Waals surface area contributed by atoms with Crippen LogP contribution in [-0.4, -0.2) is 56.6 Å². The van der Waals surface area contributed by atoms with Gasteiger partial charge in [0.25, 0.3) is 0 Å². The van der Waals surface area contributed by atoms with E-state index in [1.165, 1.54) is 11.8 Å². The highest BCUT2D eigenvalue weighted by Gasteiger charge is 2.40. The van der Waals surface area contributed by atoms with Crippen LogP contribution in [-0.2, 0) is 4.79 Å². The van der Waals surface area contributed by atoms with Gasteiger partial charge in [0.1, 0.15) is 12.4 Å². The van der Waals surface area contributed by atoms with Crippen LogP contribution in [0.3, 0.4) is 0 Å². The predicted molar refractivity (Wildman–Crippen MR) is 134 cm³/mol. The van der Waals surface area contributed by atoms with Gasteiger partial charge in [0.15, 0.2) is 6.10 Å². The number of carboxylic acid groups (broad SMARTS) is 1. The molecule has 182 valence electrons. The Morgan fingerprint density at radius 2 is 1.97 bits per heavy atom. The zero-order chi connectivity index (χ0) is 24.2. The van der Waals surface area contributed by atoms with Crippen molar-refractivity contribution in [3.05, 3.63) is 42.5 Å². The van der Waals surface area contributed by atoms with Gasteiger partial charge in [0.05, 0.1) is 15.5 Å². The Morgan fingerprint density at radius 1 is 1.27 bits per heavy atom. The number of carbonyl (C=O) groups is 1. The van der Waals surface area contributed by atoms with Crippen molar-refractivity contribution in [1.29, 1.82) is 0 Å². The fourth-order valence-corrected chi connectivity index (χ4v) is 6.90. The minimum absolute atomic E-state index is 0.228. The number of anilines is 2. The number of hydrogen-bond donors (Lipinski definition) is 4. The molecule has 0 unspecified atom stereocenters. The Kier molecular flexibility index (Phi) is 8.23. The number of aliphatic hydroxyl groups is 1. The first-order valence-electron chi connectivity index (χ1n) is 10.9. The van der Waals surface area contributed by atoms with Crippen LogP contribution in [0.15, 0.2) is 52.3 Å². The molecule has 0 saturated carbocycles. The molecule has 0 spiro atoms. The molecule has 3 rings (SSSR count). The Morgan fingerprint density at radius 3 is 2.58 bits per heavy atom. The van der Waals surface area contributed by atoms with E-state index in [1.807, 2.05) is 42.7 Å². The molecule has 1 heterocycles. The van der Waals surface area contributed by atoms with Gasteiger partial charge in [-0.15, -0.1) is 11.8 Å². The quantitative estimate of drug-likeness (QED) is 0.328. The number of hydrogen-bond acceptors (Lipinski definition) is 7. The van der Waals surface area contributed by atoms with Crippen LogP contribution in [0.2, 0.25) is 0 Å². The Bertz CT molecular complexity index is 971. The number of ether oxygens (including phenoxy) is 1. The van der Waals surface area contributed by atoms with Crippen molar-refractivity contribution in [2.75, 3.05) is 30.1 Å². The Hall–Kier alpha value is -1.91. The van der Waals surface area contributed by atoms with Crippen LogP contribution in [0, 0.1) is 5.41 Å². The van der Waals surface area contributed by atoms with Gasteiger partial charge in [-0.1, -0.05) is 44.9 Å². The minimum Gasteiger partial charge on any atom is -0.489 e. The lowest BCUT2D eigenvalue weighted by molar-refractivity contribution is -0.148. The van der Waals surface area contributed by atoms with Gasteiger partial charge in [-0.3, -0.25) is 9.11 Å². The molecule has 2 atom stereocenters. The molecule has 7 nitrogen and oxygen atoms in total. The summed E-state index contributed by atoms with van der Waals surface area (Å²) in [5, 5.41) is 18.6. The van der Waals surface area contributed by atoms with E-state index < -0.39 is 29.3 Å². The molecule has 1 aliphatic rings. The van der Waals surface area contributed by atoms with Crippen molar-refractivity contribution < 1.29 is 28.8 Å². The fourth-order valence-electron chi connectivity index (χ4n) is 4.18. The second-order valence-electron chi connectivity index (χ2n) is 8.78. The van der Waals surface area contributed by atoms with Gasteiger partial charge >= 0.3 is 5.97 Å². The average Bonchev–Trinajstić information content (AvgIpc) is 2.87. The summed E-state index contributed by atoms with van der Waals surface area (Å²) in [4.78, 5) is 14.2. The van der Waals surface area contributed by atoms with Crippen LogP contribution in [0.5, 0.6) is 5.75 Å². The first kappa shape index (κ1) is 25.7. The summed E-state index contributed by atoms with van der Waals surface area (Å²) in [6.45, 7) is 4.43. The summed E-state index contributed by atoms with van der Waals surface area (Å²) >= 11 is 1.41. The van der Waals surface area contributed by atoms with Crippen LogP contribution < -0.4 is 9.64 Å². The van der Waals surface area contributed by atoms with Gasteiger partial charge in [-0.25, -0.2) is 4.79 Å². The van der Waals surface area contributed by atoms with E-state index in [0.29, 0.717) is 22.9 Å². The monoisotopic (exact) mass is 495 g/mol. The summed E-state index contributed by atoms with van der Waals surface area (Å²) in [7, 11) is -3.17. The van der Waals surface area contributed by atoms with Gasteiger partial charge < -0.3 is 19.8 Å². The van der Waals surface area contributed by atoms with Crippen molar-refractivity contribution in [2.24, 2.45) is 5.41 Å². The van der Waals surface area contributed by atoms with Crippen LogP contribution in [0.4, 0.5) is 11.4 Å². The number of benzene rings is 2. The normalized spacial score (nSPS) is 21.6.